The highest BCUT2D eigenvalue weighted by atomic mass is 32.2. The van der Waals surface area contributed by atoms with Gasteiger partial charge in [-0.3, -0.25) is 4.79 Å². The zero-order valence-corrected chi connectivity index (χ0v) is 19.4. The summed E-state index contributed by atoms with van der Waals surface area (Å²) in [5, 5.41) is 10.8. The molecule has 3 atom stereocenters. The van der Waals surface area contributed by atoms with Crippen LogP contribution in [0.1, 0.15) is 22.8 Å². The molecule has 0 bridgehead atoms. The molecule has 0 saturated carbocycles. The molecule has 3 rings (SSSR count). The summed E-state index contributed by atoms with van der Waals surface area (Å²) in [7, 11) is 5.85. The SMILES string of the molecule is COC(=O)C1=C[C@@H]([C@](C)(O)c2ccc(OC)cc2)[C@H](C(=O)c2ccc(OC)c(OC)c2)S1. The van der Waals surface area contributed by atoms with Gasteiger partial charge in [-0.05, 0) is 42.8 Å². The van der Waals surface area contributed by atoms with E-state index in [-0.39, 0.29) is 10.7 Å². The standard InChI is InChI=1S/C24H26O7S/c1-24(27,15-7-9-16(28-2)10-8-15)17-13-20(23(26)31-5)32-22(17)21(25)14-6-11-18(29-3)19(12-14)30-4/h6-13,17,22,27H,1-5H3/t17-,22-,24-/m1/s1. The highest BCUT2D eigenvalue weighted by Crippen LogP contribution is 2.47. The molecular formula is C24H26O7S. The largest absolute Gasteiger partial charge is 0.497 e. The van der Waals surface area contributed by atoms with E-state index < -0.39 is 22.7 Å². The number of carbonyl (C=O) groups is 2. The number of hydrogen-bond donors (Lipinski definition) is 1. The minimum Gasteiger partial charge on any atom is -0.497 e. The number of aliphatic hydroxyl groups is 1. The Balaban J connectivity index is 2.01. The lowest BCUT2D eigenvalue weighted by molar-refractivity contribution is -0.135. The van der Waals surface area contributed by atoms with E-state index in [2.05, 4.69) is 0 Å². The van der Waals surface area contributed by atoms with Crippen molar-refractivity contribution >= 4 is 23.5 Å². The maximum absolute atomic E-state index is 13.5. The fourth-order valence-electron chi connectivity index (χ4n) is 3.66. The van der Waals surface area contributed by atoms with E-state index in [0.717, 1.165) is 11.8 Å². The van der Waals surface area contributed by atoms with Crippen molar-refractivity contribution < 1.29 is 33.6 Å². The predicted molar refractivity (Wildman–Crippen MR) is 121 cm³/mol. The molecule has 0 spiro atoms. The van der Waals surface area contributed by atoms with Gasteiger partial charge in [0.15, 0.2) is 17.3 Å². The molecule has 1 heterocycles. The van der Waals surface area contributed by atoms with Gasteiger partial charge in [0.1, 0.15) is 5.75 Å². The van der Waals surface area contributed by atoms with Gasteiger partial charge in [-0.2, -0.15) is 0 Å². The van der Waals surface area contributed by atoms with Crippen molar-refractivity contribution in [3.63, 3.8) is 0 Å². The molecule has 7 nitrogen and oxygen atoms in total. The van der Waals surface area contributed by atoms with Crippen molar-refractivity contribution in [2.45, 2.75) is 17.8 Å². The lowest BCUT2D eigenvalue weighted by Crippen LogP contribution is -2.39. The predicted octanol–water partition coefficient (Wildman–Crippen LogP) is 3.59. The second-order valence-electron chi connectivity index (χ2n) is 7.40. The molecule has 0 unspecified atom stereocenters. The van der Waals surface area contributed by atoms with Crippen LogP contribution in [0.15, 0.2) is 53.4 Å². The van der Waals surface area contributed by atoms with Gasteiger partial charge in [-0.15, -0.1) is 11.8 Å². The summed E-state index contributed by atoms with van der Waals surface area (Å²) in [6.07, 6.45) is 1.62. The maximum atomic E-state index is 13.5. The highest BCUT2D eigenvalue weighted by molar-refractivity contribution is 8.05. The fraction of sp³-hybridized carbons (Fsp3) is 0.333. The molecule has 1 aliphatic heterocycles. The Morgan fingerprint density at radius 3 is 2.16 bits per heavy atom. The molecule has 8 heteroatoms. The van der Waals surface area contributed by atoms with Crippen LogP contribution in [0.2, 0.25) is 0 Å². The number of thioether (sulfide) groups is 1. The van der Waals surface area contributed by atoms with Gasteiger partial charge in [0, 0.05) is 11.5 Å². The third kappa shape index (κ3) is 4.47. The minimum absolute atomic E-state index is 0.245. The normalized spacial score (nSPS) is 19.5. The molecule has 1 N–H and O–H groups in total. The van der Waals surface area contributed by atoms with Crippen LogP contribution in [-0.4, -0.2) is 50.5 Å². The van der Waals surface area contributed by atoms with Gasteiger partial charge in [-0.25, -0.2) is 4.79 Å². The van der Waals surface area contributed by atoms with Crippen LogP contribution >= 0.6 is 11.8 Å². The molecule has 1 aliphatic rings. The summed E-state index contributed by atoms with van der Waals surface area (Å²) in [6.45, 7) is 1.63. The lowest BCUT2D eigenvalue weighted by atomic mass is 9.78. The van der Waals surface area contributed by atoms with Crippen molar-refractivity contribution in [2.75, 3.05) is 28.4 Å². The summed E-state index contributed by atoms with van der Waals surface area (Å²) in [5.74, 6) is 0.0851. The van der Waals surface area contributed by atoms with Crippen molar-refractivity contribution in [3.05, 3.63) is 64.6 Å². The topological polar surface area (TPSA) is 91.3 Å². The Hall–Kier alpha value is -2.97. The number of ketones is 1. The molecule has 0 saturated heterocycles. The van der Waals surface area contributed by atoms with E-state index in [1.807, 2.05) is 0 Å². The van der Waals surface area contributed by atoms with Crippen LogP contribution in [0.4, 0.5) is 0 Å². The van der Waals surface area contributed by atoms with Crippen molar-refractivity contribution in [2.24, 2.45) is 5.92 Å². The van der Waals surface area contributed by atoms with Crippen LogP contribution in [-0.2, 0) is 15.1 Å². The van der Waals surface area contributed by atoms with Gasteiger partial charge in [0.25, 0.3) is 0 Å². The van der Waals surface area contributed by atoms with Crippen LogP contribution in [0, 0.1) is 5.92 Å². The molecule has 0 aromatic heterocycles. The van der Waals surface area contributed by atoms with Gasteiger partial charge >= 0.3 is 5.97 Å². The second kappa shape index (κ2) is 9.67. The average molecular weight is 459 g/mol. The third-order valence-electron chi connectivity index (χ3n) is 5.55. The summed E-state index contributed by atoms with van der Waals surface area (Å²) in [6, 6.07) is 11.8. The molecule has 0 amide bonds. The quantitative estimate of drug-likeness (QED) is 0.474. The van der Waals surface area contributed by atoms with Crippen molar-refractivity contribution in [1.82, 2.24) is 0 Å². The van der Waals surface area contributed by atoms with Crippen LogP contribution in [0.25, 0.3) is 0 Å². The zero-order chi connectivity index (χ0) is 23.5. The highest BCUT2D eigenvalue weighted by Gasteiger charge is 2.47. The first kappa shape index (κ1) is 23.7. The molecule has 0 radical (unpaired) electrons. The summed E-state index contributed by atoms with van der Waals surface area (Å²) in [5.41, 5.74) is -0.460. The number of rotatable bonds is 8. The van der Waals surface area contributed by atoms with Gasteiger partial charge in [0.2, 0.25) is 0 Å². The summed E-state index contributed by atoms with van der Waals surface area (Å²) >= 11 is 1.09. The molecule has 2 aromatic rings. The fourth-order valence-corrected chi connectivity index (χ4v) is 5.08. The van der Waals surface area contributed by atoms with E-state index in [1.165, 1.54) is 21.3 Å². The Morgan fingerprint density at radius 1 is 0.938 bits per heavy atom. The van der Waals surface area contributed by atoms with E-state index in [0.29, 0.717) is 28.4 Å². The Kier molecular flexibility index (Phi) is 7.16. The lowest BCUT2D eigenvalue weighted by Gasteiger charge is -2.33. The van der Waals surface area contributed by atoms with Crippen molar-refractivity contribution in [3.8, 4) is 17.2 Å². The first-order valence-corrected chi connectivity index (χ1v) is 10.7. The third-order valence-corrected chi connectivity index (χ3v) is 6.87. The summed E-state index contributed by atoms with van der Waals surface area (Å²) in [4.78, 5) is 26.0. The average Bonchev–Trinajstić information content (AvgIpc) is 3.29. The van der Waals surface area contributed by atoms with Gasteiger partial charge < -0.3 is 24.1 Å². The van der Waals surface area contributed by atoms with Crippen LogP contribution < -0.4 is 14.2 Å². The Bertz CT molecular complexity index is 1030. The molecule has 2 aromatic carbocycles. The number of methoxy groups -OCH3 is 4. The van der Waals surface area contributed by atoms with Gasteiger partial charge in [-0.1, -0.05) is 18.2 Å². The maximum Gasteiger partial charge on any atom is 0.344 e. The van der Waals surface area contributed by atoms with E-state index in [9.17, 15) is 14.7 Å². The number of carbonyl (C=O) groups excluding carboxylic acids is 2. The van der Waals surface area contributed by atoms with Gasteiger partial charge in [0.05, 0.1) is 44.2 Å². The number of benzene rings is 2. The van der Waals surface area contributed by atoms with E-state index in [4.69, 9.17) is 18.9 Å². The molecular weight excluding hydrogens is 432 g/mol. The Morgan fingerprint density at radius 2 is 1.59 bits per heavy atom. The smallest absolute Gasteiger partial charge is 0.344 e. The number of esters is 1. The number of hydrogen-bond acceptors (Lipinski definition) is 8. The first-order chi connectivity index (χ1) is 15.3. The molecule has 0 fully saturated rings. The van der Waals surface area contributed by atoms with E-state index in [1.54, 1.807) is 62.6 Å². The minimum atomic E-state index is -1.44. The van der Waals surface area contributed by atoms with E-state index >= 15 is 0 Å². The first-order valence-electron chi connectivity index (χ1n) is 9.86. The zero-order valence-electron chi connectivity index (χ0n) is 18.6. The molecule has 170 valence electrons. The monoisotopic (exact) mass is 458 g/mol. The molecule has 32 heavy (non-hydrogen) atoms. The number of ether oxygens (including phenoxy) is 4. The van der Waals surface area contributed by atoms with Crippen LogP contribution in [0.5, 0.6) is 17.2 Å². The Labute approximate surface area is 191 Å². The van der Waals surface area contributed by atoms with Crippen molar-refractivity contribution in [1.29, 1.82) is 0 Å². The molecule has 0 aliphatic carbocycles. The summed E-state index contributed by atoms with van der Waals surface area (Å²) < 4.78 is 20.6. The number of Topliss-reactive ketones (excluding diaryl/α,β-unsaturated/α-hetero) is 1. The van der Waals surface area contributed by atoms with Crippen LogP contribution in [0.3, 0.4) is 0 Å². The second-order valence-corrected chi connectivity index (χ2v) is 8.58.